The molecule has 152 valence electrons. The molecule has 1 N–H and O–H groups in total. The van der Waals surface area contributed by atoms with Crippen molar-refractivity contribution in [1.82, 2.24) is 0 Å². The highest BCUT2D eigenvalue weighted by atomic mass is 127. The number of carbonyl (C=O) groups excluding carboxylic acids is 1. The summed E-state index contributed by atoms with van der Waals surface area (Å²) in [7, 11) is 2.30. The van der Waals surface area contributed by atoms with Crippen molar-refractivity contribution < 1.29 is 47.8 Å². The lowest BCUT2D eigenvalue weighted by molar-refractivity contribution is -0.944. The van der Waals surface area contributed by atoms with Crippen LogP contribution in [-0.4, -0.2) is 59.9 Å². The van der Waals surface area contributed by atoms with Gasteiger partial charge in [-0.05, 0) is 31.1 Å². The smallest absolute Gasteiger partial charge is 0.174 e. The average molecular weight is 497 g/mol. The Hall–Kier alpha value is -1.12. The van der Waals surface area contributed by atoms with Crippen molar-refractivity contribution in [2.24, 2.45) is 0 Å². The number of Topliss-reactive ketones (excluding diaryl/α,β-unsaturated/α-hetero) is 1. The maximum atomic E-state index is 13.0. The molecule has 6 heteroatoms. The fraction of sp³-hybridized carbons (Fsp3) is 0.591. The van der Waals surface area contributed by atoms with Crippen molar-refractivity contribution in [1.29, 1.82) is 0 Å². The molecule has 0 aromatic heterocycles. The second-order valence-electron chi connectivity index (χ2n) is 8.85. The number of quaternary nitrogens is 1. The van der Waals surface area contributed by atoms with Gasteiger partial charge < -0.3 is 43.0 Å². The molecular formula is C22H28INO4. The van der Waals surface area contributed by atoms with Gasteiger partial charge in [0.25, 0.3) is 0 Å². The van der Waals surface area contributed by atoms with Crippen molar-refractivity contribution in [2.45, 2.75) is 55.8 Å². The van der Waals surface area contributed by atoms with Crippen LogP contribution in [0.15, 0.2) is 24.8 Å². The van der Waals surface area contributed by atoms with Gasteiger partial charge in [0, 0.05) is 31.4 Å². The monoisotopic (exact) mass is 497 g/mol. The lowest BCUT2D eigenvalue weighted by atomic mass is 9.48. The van der Waals surface area contributed by atoms with Crippen LogP contribution in [0.25, 0.3) is 0 Å². The molecule has 28 heavy (non-hydrogen) atoms. The number of aromatic hydroxyl groups is 1. The lowest BCUT2D eigenvalue weighted by Gasteiger charge is -2.65. The van der Waals surface area contributed by atoms with Crippen LogP contribution in [0.3, 0.4) is 0 Å². The Balaban J connectivity index is 0.00000192. The van der Waals surface area contributed by atoms with E-state index in [2.05, 4.69) is 13.6 Å². The molecule has 2 bridgehead atoms. The summed E-state index contributed by atoms with van der Waals surface area (Å²) in [6.07, 6.45) is 4.36. The number of benzene rings is 1. The number of likely N-dealkylation sites (N-methyl/N-ethyl adjacent to an activating group) is 1. The predicted octanol–water partition coefficient (Wildman–Crippen LogP) is -0.506. The van der Waals surface area contributed by atoms with Crippen LogP contribution in [0.1, 0.15) is 37.3 Å². The van der Waals surface area contributed by atoms with E-state index in [-0.39, 0.29) is 41.6 Å². The quantitative estimate of drug-likeness (QED) is 0.346. The Kier molecular flexibility index (Phi) is 4.64. The summed E-state index contributed by atoms with van der Waals surface area (Å²) in [5.41, 5.74) is 1.33. The number of likely N-dealkylation sites (tertiary alicyclic amines) is 1. The van der Waals surface area contributed by atoms with Gasteiger partial charge in [0.05, 0.1) is 25.6 Å². The molecule has 1 aromatic carbocycles. The molecule has 4 aliphatic rings. The first-order chi connectivity index (χ1) is 12.9. The number of hydrogen-bond acceptors (Lipinski definition) is 4. The molecule has 3 unspecified atom stereocenters. The standard InChI is InChI=1S/C22H27NO4.HI/c1-4-11-23(3)12-10-21-18-14-6-7-15(24)19(18)27-20(21)16(25)8-9-22(21,26-5-2)17(23)13-14;/h4,6-7,17,20H,1,5,8-13H2,2-3H3;1H/t17?,20?,21-,22?,23-;/m0./s1. The molecule has 2 aliphatic carbocycles. The average Bonchev–Trinajstić information content (AvgIpc) is 3.00. The Morgan fingerprint density at radius 1 is 1.43 bits per heavy atom. The van der Waals surface area contributed by atoms with Crippen molar-refractivity contribution in [3.05, 3.63) is 35.9 Å². The summed E-state index contributed by atoms with van der Waals surface area (Å²) in [5.74, 6) is 0.811. The van der Waals surface area contributed by atoms with E-state index in [4.69, 9.17) is 9.47 Å². The number of piperidine rings is 1. The van der Waals surface area contributed by atoms with Gasteiger partial charge in [0.2, 0.25) is 0 Å². The number of nitrogens with zero attached hydrogens (tertiary/aromatic N) is 1. The minimum atomic E-state index is -0.542. The Morgan fingerprint density at radius 2 is 2.21 bits per heavy atom. The van der Waals surface area contributed by atoms with Gasteiger partial charge in [-0.15, -0.1) is 0 Å². The normalized spacial score (nSPS) is 39.6. The zero-order valence-electron chi connectivity index (χ0n) is 16.5. The van der Waals surface area contributed by atoms with Crippen LogP contribution >= 0.6 is 0 Å². The molecule has 0 radical (unpaired) electrons. The van der Waals surface area contributed by atoms with Gasteiger partial charge in [0.15, 0.2) is 23.4 Å². The zero-order chi connectivity index (χ0) is 19.0. The minimum Gasteiger partial charge on any atom is -1.00 e. The van der Waals surface area contributed by atoms with Crippen molar-refractivity contribution in [2.75, 3.05) is 26.7 Å². The van der Waals surface area contributed by atoms with Crippen LogP contribution in [0.4, 0.5) is 0 Å². The Labute approximate surface area is 183 Å². The Bertz CT molecular complexity index is 857. The fourth-order valence-corrected chi connectivity index (χ4v) is 6.86. The predicted molar refractivity (Wildman–Crippen MR) is 101 cm³/mol. The highest BCUT2D eigenvalue weighted by molar-refractivity contribution is 5.90. The van der Waals surface area contributed by atoms with Gasteiger partial charge in [-0.1, -0.05) is 12.6 Å². The third-order valence-corrected chi connectivity index (χ3v) is 7.81. The van der Waals surface area contributed by atoms with Gasteiger partial charge in [0.1, 0.15) is 11.6 Å². The third kappa shape index (κ3) is 2.12. The second kappa shape index (κ2) is 6.44. The van der Waals surface area contributed by atoms with E-state index in [0.29, 0.717) is 18.8 Å². The molecule has 1 aromatic rings. The van der Waals surface area contributed by atoms with E-state index in [1.165, 1.54) is 5.56 Å². The second-order valence-corrected chi connectivity index (χ2v) is 8.85. The lowest BCUT2D eigenvalue weighted by Crippen LogP contribution is -3.00. The van der Waals surface area contributed by atoms with E-state index >= 15 is 0 Å². The van der Waals surface area contributed by atoms with Gasteiger partial charge in [-0.2, -0.15) is 0 Å². The zero-order valence-corrected chi connectivity index (χ0v) is 18.7. The summed E-state index contributed by atoms with van der Waals surface area (Å²) in [4.78, 5) is 13.0. The van der Waals surface area contributed by atoms with E-state index < -0.39 is 17.1 Å². The van der Waals surface area contributed by atoms with Crippen LogP contribution in [0.5, 0.6) is 11.5 Å². The maximum absolute atomic E-state index is 13.0. The summed E-state index contributed by atoms with van der Waals surface area (Å²) in [6.45, 7) is 8.49. The van der Waals surface area contributed by atoms with Crippen LogP contribution in [0, 0.1) is 0 Å². The Morgan fingerprint density at radius 3 is 2.93 bits per heavy atom. The fourth-order valence-electron chi connectivity index (χ4n) is 6.86. The number of carbonyl (C=O) groups is 1. The van der Waals surface area contributed by atoms with Crippen LogP contribution in [0.2, 0.25) is 0 Å². The third-order valence-electron chi connectivity index (χ3n) is 7.81. The molecule has 1 spiro atoms. The summed E-state index contributed by atoms with van der Waals surface area (Å²) in [6, 6.07) is 3.98. The van der Waals surface area contributed by atoms with Crippen molar-refractivity contribution in [3.8, 4) is 11.5 Å². The van der Waals surface area contributed by atoms with E-state index in [0.717, 1.165) is 42.4 Å². The molecular weight excluding hydrogens is 469 g/mol. The first kappa shape index (κ1) is 20.2. The minimum absolute atomic E-state index is 0. The number of hydrogen-bond donors (Lipinski definition) is 1. The maximum Gasteiger partial charge on any atom is 0.174 e. The molecule has 5 rings (SSSR count). The van der Waals surface area contributed by atoms with Crippen LogP contribution in [-0.2, 0) is 21.4 Å². The number of phenols is 1. The summed E-state index contributed by atoms with van der Waals surface area (Å²) >= 11 is 0. The molecule has 5 atom stereocenters. The number of phenolic OH excluding ortho intramolecular Hbond substituents is 1. The highest BCUT2D eigenvalue weighted by Crippen LogP contribution is 2.66. The molecule has 5 nitrogen and oxygen atoms in total. The molecule has 1 saturated heterocycles. The highest BCUT2D eigenvalue weighted by Gasteiger charge is 2.77. The first-order valence-electron chi connectivity index (χ1n) is 10.1. The topological polar surface area (TPSA) is 55.8 Å². The van der Waals surface area contributed by atoms with E-state index in [1.54, 1.807) is 6.07 Å². The number of ether oxygens (including phenoxy) is 2. The molecule has 2 aliphatic heterocycles. The van der Waals surface area contributed by atoms with Crippen molar-refractivity contribution >= 4 is 5.78 Å². The molecule has 2 fully saturated rings. The number of rotatable bonds is 4. The van der Waals surface area contributed by atoms with Gasteiger partial charge in [-0.25, -0.2) is 0 Å². The van der Waals surface area contributed by atoms with Crippen molar-refractivity contribution in [3.63, 3.8) is 0 Å². The number of ketones is 1. The largest absolute Gasteiger partial charge is 1.00 e. The summed E-state index contributed by atoms with van der Waals surface area (Å²) in [5, 5.41) is 10.5. The molecule has 1 saturated carbocycles. The molecule has 0 amide bonds. The van der Waals surface area contributed by atoms with Crippen LogP contribution < -0.4 is 28.7 Å². The van der Waals surface area contributed by atoms with E-state index in [1.807, 2.05) is 19.1 Å². The molecule has 2 heterocycles. The van der Waals surface area contributed by atoms with Gasteiger partial charge >= 0.3 is 0 Å². The SMILES string of the molecule is C=CC[N@@+]1(C)CC[C@]23c4c5ccc(O)c4OC2C(=O)CCC3(OCC)C1C5.[I-]. The summed E-state index contributed by atoms with van der Waals surface area (Å²) < 4.78 is 13.8. The van der Waals surface area contributed by atoms with Gasteiger partial charge in [-0.3, -0.25) is 4.79 Å². The van der Waals surface area contributed by atoms with E-state index in [9.17, 15) is 9.90 Å². The first-order valence-corrected chi connectivity index (χ1v) is 10.1. The number of halogens is 1.